The highest BCUT2D eigenvalue weighted by Crippen LogP contribution is 2.37. The predicted octanol–water partition coefficient (Wildman–Crippen LogP) is 7.36. The minimum absolute atomic E-state index is 0.343. The van der Waals surface area contributed by atoms with Crippen molar-refractivity contribution in [1.82, 2.24) is 0 Å². The Labute approximate surface area is 176 Å². The lowest BCUT2D eigenvalue weighted by Gasteiger charge is -2.13. The number of esters is 1. The van der Waals surface area contributed by atoms with Crippen molar-refractivity contribution in [3.05, 3.63) is 95.0 Å². The molecule has 0 heterocycles. The lowest BCUT2D eigenvalue weighted by atomic mass is 9.91. The normalized spacial score (nSPS) is 11.2. The van der Waals surface area contributed by atoms with E-state index in [0.717, 1.165) is 15.6 Å². The van der Waals surface area contributed by atoms with Crippen molar-refractivity contribution in [3.8, 4) is 11.1 Å². The molecule has 0 unspecified atom stereocenters. The molecule has 0 amide bonds. The van der Waals surface area contributed by atoms with Crippen LogP contribution >= 0.6 is 15.9 Å². The average Bonchev–Trinajstić information content (AvgIpc) is 2.78. The molecule has 0 aliphatic carbocycles. The monoisotopic (exact) mass is 440 g/mol. The molecule has 0 bridgehead atoms. The molecule has 0 saturated heterocycles. The summed E-state index contributed by atoms with van der Waals surface area (Å²) in [7, 11) is 1.41. The van der Waals surface area contributed by atoms with E-state index >= 15 is 0 Å². The van der Waals surface area contributed by atoms with Gasteiger partial charge in [0.2, 0.25) is 0 Å². The molecule has 5 rings (SSSR count). The standard InChI is InChI=1S/C26H17BrO2/c1-29-26(28)25-15-17(27)11-13-18(25)16-10-12-23-21-8-3-2-6-19(21)20-7-4-5-9-22(20)24(23)14-16/h2-15H,1H3. The van der Waals surface area contributed by atoms with E-state index in [1.807, 2.05) is 18.2 Å². The molecule has 3 heteroatoms. The number of methoxy groups -OCH3 is 1. The van der Waals surface area contributed by atoms with E-state index in [2.05, 4.69) is 82.7 Å². The summed E-state index contributed by atoms with van der Waals surface area (Å²) in [6.07, 6.45) is 0. The van der Waals surface area contributed by atoms with Gasteiger partial charge in [0.05, 0.1) is 12.7 Å². The number of halogens is 1. The maximum Gasteiger partial charge on any atom is 0.338 e. The maximum atomic E-state index is 12.4. The fraction of sp³-hybridized carbons (Fsp3) is 0.0385. The van der Waals surface area contributed by atoms with E-state index < -0.39 is 0 Å². The molecular formula is C26H17BrO2. The molecule has 0 saturated carbocycles. The van der Waals surface area contributed by atoms with Crippen LogP contribution in [0.2, 0.25) is 0 Å². The number of rotatable bonds is 2. The van der Waals surface area contributed by atoms with Gasteiger partial charge in [-0.1, -0.05) is 82.7 Å². The number of carbonyl (C=O) groups excluding carboxylic acids is 1. The topological polar surface area (TPSA) is 26.3 Å². The van der Waals surface area contributed by atoms with E-state index in [0.29, 0.717) is 5.56 Å². The molecule has 0 aromatic heterocycles. The van der Waals surface area contributed by atoms with Crippen molar-refractivity contribution in [2.45, 2.75) is 0 Å². The molecule has 0 radical (unpaired) electrons. The van der Waals surface area contributed by atoms with Crippen LogP contribution in [0.1, 0.15) is 10.4 Å². The number of hydrogen-bond acceptors (Lipinski definition) is 2. The second kappa shape index (κ2) is 7.02. The Morgan fingerprint density at radius 1 is 0.690 bits per heavy atom. The maximum absolute atomic E-state index is 12.4. The van der Waals surface area contributed by atoms with Gasteiger partial charge in [-0.05, 0) is 61.6 Å². The zero-order chi connectivity index (χ0) is 20.0. The van der Waals surface area contributed by atoms with Crippen molar-refractivity contribution in [2.75, 3.05) is 7.11 Å². The van der Waals surface area contributed by atoms with Gasteiger partial charge in [0.15, 0.2) is 0 Å². The van der Waals surface area contributed by atoms with Gasteiger partial charge in [-0.25, -0.2) is 4.79 Å². The van der Waals surface area contributed by atoms with Gasteiger partial charge in [0.25, 0.3) is 0 Å². The molecule has 5 aromatic carbocycles. The minimum atomic E-state index is -0.343. The first-order chi connectivity index (χ1) is 14.2. The van der Waals surface area contributed by atoms with Gasteiger partial charge in [0.1, 0.15) is 0 Å². The van der Waals surface area contributed by atoms with Crippen LogP contribution in [0.15, 0.2) is 89.4 Å². The Morgan fingerprint density at radius 2 is 1.24 bits per heavy atom. The fourth-order valence-electron chi connectivity index (χ4n) is 4.12. The van der Waals surface area contributed by atoms with Crippen LogP contribution in [0.25, 0.3) is 43.4 Å². The van der Waals surface area contributed by atoms with E-state index in [4.69, 9.17) is 4.74 Å². The van der Waals surface area contributed by atoms with Crippen LogP contribution in [-0.2, 0) is 4.74 Å². The summed E-state index contributed by atoms with van der Waals surface area (Å²) in [5.74, 6) is -0.343. The van der Waals surface area contributed by atoms with Crippen molar-refractivity contribution in [3.63, 3.8) is 0 Å². The minimum Gasteiger partial charge on any atom is -0.465 e. The van der Waals surface area contributed by atoms with Crippen molar-refractivity contribution in [1.29, 1.82) is 0 Å². The molecule has 0 aliphatic rings. The first-order valence-electron chi connectivity index (χ1n) is 9.39. The van der Waals surface area contributed by atoms with Gasteiger partial charge in [-0.2, -0.15) is 0 Å². The number of hydrogen-bond donors (Lipinski definition) is 0. The van der Waals surface area contributed by atoms with Crippen molar-refractivity contribution >= 4 is 54.2 Å². The smallest absolute Gasteiger partial charge is 0.338 e. The Kier molecular flexibility index (Phi) is 4.33. The van der Waals surface area contributed by atoms with Gasteiger partial charge >= 0.3 is 5.97 Å². The molecule has 29 heavy (non-hydrogen) atoms. The largest absolute Gasteiger partial charge is 0.465 e. The van der Waals surface area contributed by atoms with Gasteiger partial charge in [-0.15, -0.1) is 0 Å². The molecule has 140 valence electrons. The van der Waals surface area contributed by atoms with Gasteiger partial charge in [0, 0.05) is 4.47 Å². The second-order valence-corrected chi connectivity index (χ2v) is 7.95. The van der Waals surface area contributed by atoms with Gasteiger partial charge in [-0.3, -0.25) is 0 Å². The number of benzene rings is 5. The molecule has 0 spiro atoms. The number of fused-ring (bicyclic) bond motifs is 6. The third-order valence-electron chi connectivity index (χ3n) is 5.44. The fourth-order valence-corrected chi connectivity index (χ4v) is 4.48. The molecular weight excluding hydrogens is 424 g/mol. The summed E-state index contributed by atoms with van der Waals surface area (Å²) in [5, 5.41) is 7.31. The molecule has 2 nitrogen and oxygen atoms in total. The van der Waals surface area contributed by atoms with Crippen LogP contribution in [0.4, 0.5) is 0 Å². The Hall–Kier alpha value is -3.17. The van der Waals surface area contributed by atoms with Crippen molar-refractivity contribution < 1.29 is 9.53 Å². The third kappa shape index (κ3) is 2.90. The first-order valence-corrected chi connectivity index (χ1v) is 10.2. The molecule has 0 fully saturated rings. The lowest BCUT2D eigenvalue weighted by molar-refractivity contribution is 0.0601. The van der Waals surface area contributed by atoms with E-state index in [1.165, 1.54) is 39.4 Å². The van der Waals surface area contributed by atoms with Crippen molar-refractivity contribution in [2.24, 2.45) is 0 Å². The molecule has 0 atom stereocenters. The van der Waals surface area contributed by atoms with Crippen LogP contribution < -0.4 is 0 Å². The summed E-state index contributed by atoms with van der Waals surface area (Å²) in [6.45, 7) is 0. The number of ether oxygens (including phenoxy) is 1. The molecule has 5 aromatic rings. The van der Waals surface area contributed by atoms with E-state index in [9.17, 15) is 4.79 Å². The van der Waals surface area contributed by atoms with Crippen LogP contribution in [0.5, 0.6) is 0 Å². The Bertz CT molecular complexity index is 1380. The van der Waals surface area contributed by atoms with E-state index in [1.54, 1.807) is 0 Å². The quantitative estimate of drug-likeness (QED) is 0.211. The summed E-state index contributed by atoms with van der Waals surface area (Å²) in [5.41, 5.74) is 2.40. The average molecular weight is 441 g/mol. The predicted molar refractivity (Wildman–Crippen MR) is 123 cm³/mol. The Balaban J connectivity index is 1.87. The zero-order valence-corrected chi connectivity index (χ0v) is 17.4. The summed E-state index contributed by atoms with van der Waals surface area (Å²) < 4.78 is 5.86. The number of carbonyl (C=O) groups is 1. The Morgan fingerprint density at radius 3 is 1.83 bits per heavy atom. The molecule has 0 N–H and O–H groups in total. The highest BCUT2D eigenvalue weighted by Gasteiger charge is 2.15. The van der Waals surface area contributed by atoms with Crippen LogP contribution in [0, 0.1) is 0 Å². The SMILES string of the molecule is COC(=O)c1cc(Br)ccc1-c1ccc2c3ccccc3c3ccccc3c2c1. The zero-order valence-electron chi connectivity index (χ0n) is 15.8. The molecule has 0 aliphatic heterocycles. The summed E-state index contributed by atoms with van der Waals surface area (Å²) in [6, 6.07) is 29.1. The summed E-state index contributed by atoms with van der Waals surface area (Å²) in [4.78, 5) is 12.4. The third-order valence-corrected chi connectivity index (χ3v) is 5.94. The van der Waals surface area contributed by atoms with Gasteiger partial charge < -0.3 is 4.74 Å². The second-order valence-electron chi connectivity index (χ2n) is 7.03. The first kappa shape index (κ1) is 17.9. The highest BCUT2D eigenvalue weighted by atomic mass is 79.9. The summed E-state index contributed by atoms with van der Waals surface area (Å²) >= 11 is 3.46. The lowest BCUT2D eigenvalue weighted by Crippen LogP contribution is -2.03. The van der Waals surface area contributed by atoms with Crippen LogP contribution in [-0.4, -0.2) is 13.1 Å². The van der Waals surface area contributed by atoms with Crippen LogP contribution in [0.3, 0.4) is 0 Å². The van der Waals surface area contributed by atoms with E-state index in [-0.39, 0.29) is 5.97 Å². The highest BCUT2D eigenvalue weighted by molar-refractivity contribution is 9.10.